The number of nitrogens with one attached hydrogen (secondary N) is 1. The van der Waals surface area contributed by atoms with E-state index in [0.29, 0.717) is 0 Å². The summed E-state index contributed by atoms with van der Waals surface area (Å²) in [5.41, 5.74) is 4.87. The van der Waals surface area contributed by atoms with Crippen LogP contribution in [-0.2, 0) is 4.57 Å². The van der Waals surface area contributed by atoms with Crippen molar-refractivity contribution in [2.45, 2.75) is 6.92 Å². The SMILES string of the molecule is Cc1cc(P(C)(C)=O)ccc1Nc1cc2c(cn1)ncn2-c1ccccc1. The molecule has 4 aromatic rings. The van der Waals surface area contributed by atoms with E-state index in [-0.39, 0.29) is 0 Å². The lowest BCUT2D eigenvalue weighted by Gasteiger charge is -2.13. The minimum absolute atomic E-state index is 0.743. The van der Waals surface area contributed by atoms with Crippen molar-refractivity contribution in [2.24, 2.45) is 0 Å². The second kappa shape index (κ2) is 6.67. The lowest BCUT2D eigenvalue weighted by Crippen LogP contribution is -2.05. The van der Waals surface area contributed by atoms with E-state index in [1.165, 1.54) is 0 Å². The molecule has 2 aromatic carbocycles. The van der Waals surface area contributed by atoms with E-state index in [4.69, 9.17) is 0 Å². The molecule has 1 N–H and O–H groups in total. The van der Waals surface area contributed by atoms with E-state index in [1.54, 1.807) is 19.5 Å². The third-order valence-corrected chi connectivity index (χ3v) is 6.08. The number of imidazole rings is 1. The van der Waals surface area contributed by atoms with Crippen LogP contribution in [-0.4, -0.2) is 27.9 Å². The Balaban J connectivity index is 1.70. The van der Waals surface area contributed by atoms with Crippen LogP contribution in [0, 0.1) is 6.92 Å². The average Bonchev–Trinajstić information content (AvgIpc) is 3.06. The third kappa shape index (κ3) is 3.51. The van der Waals surface area contributed by atoms with Crippen molar-refractivity contribution in [3.05, 3.63) is 72.7 Å². The maximum Gasteiger partial charge on any atom is 0.132 e. The molecule has 0 unspecified atom stereocenters. The summed E-state index contributed by atoms with van der Waals surface area (Å²) in [7, 11) is -2.27. The molecule has 5 nitrogen and oxygen atoms in total. The van der Waals surface area contributed by atoms with Crippen LogP contribution < -0.4 is 10.6 Å². The normalized spacial score (nSPS) is 11.7. The van der Waals surface area contributed by atoms with Gasteiger partial charge in [0.2, 0.25) is 0 Å². The number of hydrogen-bond donors (Lipinski definition) is 1. The van der Waals surface area contributed by atoms with Gasteiger partial charge in [0.05, 0.1) is 11.7 Å². The molecule has 6 heteroatoms. The summed E-state index contributed by atoms with van der Waals surface area (Å²) >= 11 is 0. The molecule has 0 aliphatic rings. The lowest BCUT2D eigenvalue weighted by molar-refractivity contribution is 0.588. The molecule has 136 valence electrons. The molecule has 2 heterocycles. The van der Waals surface area contributed by atoms with E-state index >= 15 is 0 Å². The van der Waals surface area contributed by atoms with Gasteiger partial charge in [0.25, 0.3) is 0 Å². The van der Waals surface area contributed by atoms with Crippen molar-refractivity contribution < 1.29 is 4.57 Å². The van der Waals surface area contributed by atoms with Crippen molar-refractivity contribution in [3.8, 4) is 5.69 Å². The van der Waals surface area contributed by atoms with Gasteiger partial charge in [0.1, 0.15) is 24.8 Å². The number of benzene rings is 2. The van der Waals surface area contributed by atoms with Gasteiger partial charge < -0.3 is 9.88 Å². The van der Waals surface area contributed by atoms with Crippen LogP contribution in [0.5, 0.6) is 0 Å². The van der Waals surface area contributed by atoms with Crippen LogP contribution in [0.1, 0.15) is 5.56 Å². The second-order valence-electron chi connectivity index (χ2n) is 6.98. The van der Waals surface area contributed by atoms with Crippen molar-refractivity contribution in [1.29, 1.82) is 0 Å². The fraction of sp³-hybridized carbons (Fsp3) is 0.143. The maximum atomic E-state index is 12.3. The summed E-state index contributed by atoms with van der Waals surface area (Å²) in [5, 5.41) is 4.25. The summed E-state index contributed by atoms with van der Waals surface area (Å²) in [5.74, 6) is 0.743. The van der Waals surface area contributed by atoms with Crippen molar-refractivity contribution in [3.63, 3.8) is 0 Å². The molecule has 2 aromatic heterocycles. The van der Waals surface area contributed by atoms with E-state index in [1.807, 2.05) is 72.4 Å². The fourth-order valence-electron chi connectivity index (χ4n) is 3.04. The van der Waals surface area contributed by atoms with Crippen LogP contribution >= 0.6 is 7.14 Å². The summed E-state index contributed by atoms with van der Waals surface area (Å²) < 4.78 is 14.3. The first kappa shape index (κ1) is 17.5. The molecule has 0 radical (unpaired) electrons. The summed E-state index contributed by atoms with van der Waals surface area (Å²) in [6.45, 7) is 5.58. The van der Waals surface area contributed by atoms with Gasteiger partial charge >= 0.3 is 0 Å². The van der Waals surface area contributed by atoms with Crippen molar-refractivity contribution in [1.82, 2.24) is 14.5 Å². The molecule has 0 atom stereocenters. The molecule has 0 aliphatic heterocycles. The summed E-state index contributed by atoms with van der Waals surface area (Å²) in [4.78, 5) is 8.92. The first-order chi connectivity index (χ1) is 12.9. The molecule has 0 spiro atoms. The molecule has 27 heavy (non-hydrogen) atoms. The summed E-state index contributed by atoms with van der Waals surface area (Å²) in [6.07, 6.45) is 3.58. The Kier molecular flexibility index (Phi) is 4.33. The van der Waals surface area contributed by atoms with E-state index in [0.717, 1.165) is 39.1 Å². The Hall–Kier alpha value is -2.91. The predicted molar refractivity (Wildman–Crippen MR) is 112 cm³/mol. The van der Waals surface area contributed by atoms with Crippen LogP contribution in [0.15, 0.2) is 67.1 Å². The smallest absolute Gasteiger partial charge is 0.132 e. The summed E-state index contributed by atoms with van der Waals surface area (Å²) in [6, 6.07) is 18.0. The topological polar surface area (TPSA) is 59.8 Å². The highest BCUT2D eigenvalue weighted by Crippen LogP contribution is 2.35. The molecular weight excluding hydrogens is 355 g/mol. The second-order valence-corrected chi connectivity index (χ2v) is 10.2. The van der Waals surface area contributed by atoms with Gasteiger partial charge in [-0.2, -0.15) is 0 Å². The molecular formula is C21H21N4OP. The quantitative estimate of drug-likeness (QED) is 0.524. The molecule has 0 saturated carbocycles. The van der Waals surface area contributed by atoms with Crippen molar-refractivity contribution >= 4 is 35.0 Å². The van der Waals surface area contributed by atoms with Gasteiger partial charge in [-0.1, -0.05) is 18.2 Å². The highest BCUT2D eigenvalue weighted by Gasteiger charge is 2.13. The zero-order chi connectivity index (χ0) is 19.0. The van der Waals surface area contributed by atoms with E-state index in [9.17, 15) is 4.57 Å². The Morgan fingerprint density at radius 1 is 1.00 bits per heavy atom. The number of aromatic nitrogens is 3. The number of para-hydroxylation sites is 1. The fourth-order valence-corrected chi connectivity index (χ4v) is 3.97. The van der Waals surface area contributed by atoms with Gasteiger partial charge in [0.15, 0.2) is 0 Å². The highest BCUT2D eigenvalue weighted by molar-refractivity contribution is 7.70. The largest absolute Gasteiger partial charge is 0.340 e. The first-order valence-corrected chi connectivity index (χ1v) is 11.3. The minimum Gasteiger partial charge on any atom is -0.340 e. The third-order valence-electron chi connectivity index (χ3n) is 4.56. The van der Waals surface area contributed by atoms with Gasteiger partial charge in [0, 0.05) is 22.7 Å². The van der Waals surface area contributed by atoms with E-state index in [2.05, 4.69) is 15.3 Å². The number of nitrogens with zero attached hydrogens (tertiary/aromatic N) is 3. The Morgan fingerprint density at radius 2 is 1.78 bits per heavy atom. The molecule has 0 aliphatic carbocycles. The van der Waals surface area contributed by atoms with Gasteiger partial charge in [-0.3, -0.25) is 4.57 Å². The number of pyridine rings is 1. The molecule has 4 rings (SSSR count). The Bertz CT molecular complexity index is 1160. The van der Waals surface area contributed by atoms with Crippen LogP contribution in [0.2, 0.25) is 0 Å². The standard InChI is InChI=1S/C21H21N4OP/c1-15-11-17(27(2,3)26)9-10-18(15)24-21-12-20-19(13-22-21)23-14-25(20)16-7-5-4-6-8-16/h4-14H,1-3H3,(H,22,24). The number of hydrogen-bond acceptors (Lipinski definition) is 4. The van der Waals surface area contributed by atoms with Gasteiger partial charge in [-0.25, -0.2) is 9.97 Å². The molecule has 0 bridgehead atoms. The van der Waals surface area contributed by atoms with Crippen LogP contribution in [0.25, 0.3) is 16.7 Å². The van der Waals surface area contributed by atoms with Crippen LogP contribution in [0.4, 0.5) is 11.5 Å². The number of rotatable bonds is 4. The first-order valence-electron chi connectivity index (χ1n) is 8.73. The number of fused-ring (bicyclic) bond motifs is 1. The monoisotopic (exact) mass is 376 g/mol. The molecule has 0 amide bonds. The average molecular weight is 376 g/mol. The molecule has 0 saturated heterocycles. The number of aryl methyl sites for hydroxylation is 1. The molecule has 0 fully saturated rings. The minimum atomic E-state index is -2.27. The van der Waals surface area contributed by atoms with Crippen molar-refractivity contribution in [2.75, 3.05) is 18.6 Å². The van der Waals surface area contributed by atoms with E-state index < -0.39 is 7.14 Å². The highest BCUT2D eigenvalue weighted by atomic mass is 31.2. The zero-order valence-electron chi connectivity index (χ0n) is 15.5. The number of anilines is 2. The lowest BCUT2D eigenvalue weighted by atomic mass is 10.2. The zero-order valence-corrected chi connectivity index (χ0v) is 16.4. The Morgan fingerprint density at radius 3 is 2.48 bits per heavy atom. The van der Waals surface area contributed by atoms with Gasteiger partial charge in [-0.05, 0) is 56.1 Å². The Labute approximate surface area is 158 Å². The van der Waals surface area contributed by atoms with Gasteiger partial charge in [-0.15, -0.1) is 0 Å². The predicted octanol–water partition coefficient (Wildman–Crippen LogP) is 4.72. The van der Waals surface area contributed by atoms with Crippen LogP contribution in [0.3, 0.4) is 0 Å². The maximum absolute atomic E-state index is 12.3.